The van der Waals surface area contributed by atoms with Gasteiger partial charge in [0.05, 0.1) is 39.1 Å². The van der Waals surface area contributed by atoms with Crippen molar-refractivity contribution in [2.45, 2.75) is 73.3 Å². The average molecular weight is 677 g/mol. The van der Waals surface area contributed by atoms with Crippen LogP contribution in [0.15, 0.2) is 0 Å². The van der Waals surface area contributed by atoms with E-state index in [-0.39, 0.29) is 17.9 Å². The molecule has 14 heteroatoms. The fourth-order valence-electron chi connectivity index (χ4n) is 5.44. The summed E-state index contributed by atoms with van der Waals surface area (Å²) in [6.07, 6.45) is 1.87. The van der Waals surface area contributed by atoms with Crippen LogP contribution in [-0.2, 0) is 41.9 Å². The molecule has 0 atom stereocenters. The minimum absolute atomic E-state index is 0.189. The Bertz CT molecular complexity index is 771. The van der Waals surface area contributed by atoms with Gasteiger partial charge in [0.2, 0.25) is 0 Å². The molecule has 0 bridgehead atoms. The van der Waals surface area contributed by atoms with Crippen LogP contribution in [0.25, 0.3) is 0 Å². The van der Waals surface area contributed by atoms with Crippen LogP contribution in [0, 0.1) is 0 Å². The summed E-state index contributed by atoms with van der Waals surface area (Å²) in [5.74, 6) is -0.579. The molecular weight excluding hydrogens is 612 g/mol. The highest BCUT2D eigenvalue weighted by molar-refractivity contribution is 6.60. The summed E-state index contributed by atoms with van der Waals surface area (Å²) >= 11 is 0. The number of hydrogen-bond acceptors (Lipinski definition) is 13. The van der Waals surface area contributed by atoms with E-state index in [1.54, 1.807) is 0 Å². The molecule has 0 amide bonds. The van der Waals surface area contributed by atoms with Gasteiger partial charge in [-0.15, -0.1) is 0 Å². The van der Waals surface area contributed by atoms with Crippen LogP contribution >= 0.6 is 0 Å². The lowest BCUT2D eigenvalue weighted by atomic mass is 10.2. The van der Waals surface area contributed by atoms with Crippen molar-refractivity contribution in [2.75, 3.05) is 118 Å². The van der Waals surface area contributed by atoms with Gasteiger partial charge in [-0.3, -0.25) is 14.4 Å². The van der Waals surface area contributed by atoms with Crippen molar-refractivity contribution in [3.63, 3.8) is 0 Å². The largest absolute Gasteiger partial charge is 0.500 e. The van der Waals surface area contributed by atoms with E-state index in [1.807, 2.05) is 41.5 Å². The summed E-state index contributed by atoms with van der Waals surface area (Å²) in [5, 5.41) is 0. The summed E-state index contributed by atoms with van der Waals surface area (Å²) in [6.45, 7) is 23.1. The Balaban J connectivity index is 3.09. The summed E-state index contributed by atoms with van der Waals surface area (Å²) in [7, 11) is -2.75. The number of hydrogen-bond donors (Lipinski definition) is 0. The van der Waals surface area contributed by atoms with Crippen LogP contribution < -0.4 is 0 Å². The zero-order valence-electron chi connectivity index (χ0n) is 29.7. The SMILES string of the molecule is CCOC(=O)CCN1CCN(CCC[Si](OCC)(OCC)OCC)CCN(CCC(=O)OCC)CCN(CCC(=O)OCC)CC1. The van der Waals surface area contributed by atoms with E-state index in [0.717, 1.165) is 71.4 Å². The van der Waals surface area contributed by atoms with E-state index in [1.165, 1.54) is 0 Å². The predicted octanol–water partition coefficient (Wildman–Crippen LogP) is 2.51. The molecule has 1 rings (SSSR count). The van der Waals surface area contributed by atoms with Crippen LogP contribution in [0.5, 0.6) is 0 Å². The van der Waals surface area contributed by atoms with Crippen LogP contribution in [0.1, 0.15) is 67.2 Å². The first kappa shape index (κ1) is 42.4. The zero-order valence-corrected chi connectivity index (χ0v) is 30.7. The summed E-state index contributed by atoms with van der Waals surface area (Å²) in [6, 6.07) is 0.744. The predicted molar refractivity (Wildman–Crippen MR) is 180 cm³/mol. The molecular formula is C32H64N4O9Si. The van der Waals surface area contributed by atoms with E-state index in [2.05, 4.69) is 19.6 Å². The van der Waals surface area contributed by atoms with Crippen molar-refractivity contribution in [2.24, 2.45) is 0 Å². The zero-order chi connectivity index (χ0) is 34.0. The van der Waals surface area contributed by atoms with Crippen molar-refractivity contribution < 1.29 is 41.9 Å². The Morgan fingerprint density at radius 1 is 0.457 bits per heavy atom. The Morgan fingerprint density at radius 3 is 1.00 bits per heavy atom. The first-order chi connectivity index (χ1) is 22.2. The molecule has 0 spiro atoms. The topological polar surface area (TPSA) is 120 Å². The van der Waals surface area contributed by atoms with Gasteiger partial charge in [-0.25, -0.2) is 0 Å². The summed E-state index contributed by atoms with van der Waals surface area (Å²) in [5.41, 5.74) is 0. The molecule has 1 aliphatic rings. The molecule has 1 aliphatic heterocycles. The molecule has 13 nitrogen and oxygen atoms in total. The van der Waals surface area contributed by atoms with Crippen molar-refractivity contribution in [1.29, 1.82) is 0 Å². The molecule has 270 valence electrons. The van der Waals surface area contributed by atoms with Crippen molar-refractivity contribution in [1.82, 2.24) is 19.6 Å². The monoisotopic (exact) mass is 676 g/mol. The van der Waals surface area contributed by atoms with Gasteiger partial charge in [-0.1, -0.05) is 0 Å². The van der Waals surface area contributed by atoms with Gasteiger partial charge in [-0.05, 0) is 54.5 Å². The highest BCUT2D eigenvalue weighted by Crippen LogP contribution is 2.19. The Kier molecular flexibility index (Phi) is 24.2. The maximum atomic E-state index is 12.2. The van der Waals surface area contributed by atoms with Gasteiger partial charge < -0.3 is 47.1 Å². The van der Waals surface area contributed by atoms with Gasteiger partial charge in [-0.2, -0.15) is 0 Å². The normalized spacial score (nSPS) is 16.8. The fourth-order valence-corrected chi connectivity index (χ4v) is 8.03. The number of ether oxygens (including phenoxy) is 3. The van der Waals surface area contributed by atoms with Crippen molar-refractivity contribution in [3.05, 3.63) is 0 Å². The summed E-state index contributed by atoms with van der Waals surface area (Å²) < 4.78 is 33.9. The second-order valence-electron chi connectivity index (χ2n) is 11.1. The standard InChI is InChI=1S/C32H64N4O9Si/c1-7-40-30(37)14-18-34-23-21-33(17-13-29-46(43-10-4,44-11-5)45-12-6)22-24-35(19-15-31(38)41-8-2)26-28-36(27-25-34)20-16-32(39)42-9-3/h7-29H2,1-6H3. The molecule has 0 N–H and O–H groups in total. The number of nitrogens with zero attached hydrogens (tertiary/aromatic N) is 4. The average Bonchev–Trinajstić information content (AvgIpc) is 3.01. The molecule has 0 saturated carbocycles. The van der Waals surface area contributed by atoms with E-state index in [0.29, 0.717) is 78.5 Å². The number of rotatable bonds is 22. The lowest BCUT2D eigenvalue weighted by Gasteiger charge is -2.34. The lowest BCUT2D eigenvalue weighted by molar-refractivity contribution is -0.144. The second kappa shape index (κ2) is 26.3. The van der Waals surface area contributed by atoms with Crippen LogP contribution in [0.4, 0.5) is 0 Å². The maximum Gasteiger partial charge on any atom is 0.500 e. The van der Waals surface area contributed by atoms with E-state index in [4.69, 9.17) is 27.5 Å². The van der Waals surface area contributed by atoms with Gasteiger partial charge >= 0.3 is 26.7 Å². The molecule has 0 aromatic heterocycles. The fraction of sp³-hybridized carbons (Fsp3) is 0.906. The molecule has 0 radical (unpaired) electrons. The molecule has 1 fully saturated rings. The van der Waals surface area contributed by atoms with Gasteiger partial charge in [0.1, 0.15) is 0 Å². The van der Waals surface area contributed by atoms with Gasteiger partial charge in [0.15, 0.2) is 0 Å². The molecule has 0 aromatic carbocycles. The van der Waals surface area contributed by atoms with Gasteiger partial charge in [0.25, 0.3) is 0 Å². The molecule has 0 aromatic rings. The third-order valence-electron chi connectivity index (χ3n) is 7.79. The van der Waals surface area contributed by atoms with E-state index >= 15 is 0 Å². The Morgan fingerprint density at radius 2 is 0.739 bits per heavy atom. The number of carbonyl (C=O) groups is 3. The highest BCUT2D eigenvalue weighted by atomic mass is 28.4. The lowest BCUT2D eigenvalue weighted by Crippen LogP contribution is -2.48. The molecule has 0 aliphatic carbocycles. The first-order valence-electron chi connectivity index (χ1n) is 17.5. The second-order valence-corrected chi connectivity index (χ2v) is 13.8. The quantitative estimate of drug-likeness (QED) is 0.0950. The van der Waals surface area contributed by atoms with Crippen LogP contribution in [0.3, 0.4) is 0 Å². The highest BCUT2D eigenvalue weighted by Gasteiger charge is 2.39. The smallest absolute Gasteiger partial charge is 0.466 e. The van der Waals surface area contributed by atoms with Crippen molar-refractivity contribution >= 4 is 26.7 Å². The third-order valence-corrected chi connectivity index (χ3v) is 10.9. The van der Waals surface area contributed by atoms with Gasteiger partial charge in [0, 0.05) is 97.9 Å². The minimum atomic E-state index is -2.75. The van der Waals surface area contributed by atoms with Crippen LogP contribution in [0.2, 0.25) is 6.04 Å². The number of carbonyl (C=O) groups excluding carboxylic acids is 3. The third kappa shape index (κ3) is 19.2. The molecule has 1 heterocycles. The molecule has 46 heavy (non-hydrogen) atoms. The Hall–Kier alpha value is -1.65. The number of esters is 3. The van der Waals surface area contributed by atoms with E-state index < -0.39 is 8.80 Å². The van der Waals surface area contributed by atoms with E-state index in [9.17, 15) is 14.4 Å². The summed E-state index contributed by atoms with van der Waals surface area (Å²) in [4.78, 5) is 46.0. The van der Waals surface area contributed by atoms with Crippen LogP contribution in [-0.4, -0.2) is 164 Å². The molecule has 0 unspecified atom stereocenters. The first-order valence-corrected chi connectivity index (χ1v) is 19.5. The molecule has 1 saturated heterocycles. The minimum Gasteiger partial charge on any atom is -0.466 e. The maximum absolute atomic E-state index is 12.2. The Labute approximate surface area is 279 Å². The van der Waals surface area contributed by atoms with Crippen molar-refractivity contribution in [3.8, 4) is 0 Å².